The van der Waals surface area contributed by atoms with Gasteiger partial charge in [0.25, 0.3) is 0 Å². The number of aromatic amines is 2. The maximum atomic E-state index is 12.2. The first-order valence-corrected chi connectivity index (χ1v) is 11.6. The van der Waals surface area contributed by atoms with Crippen molar-refractivity contribution < 1.29 is 4.79 Å². The number of aromatic nitrogens is 8. The number of carbonyl (C=O) groups excluding carboxylic acids is 1. The van der Waals surface area contributed by atoms with Crippen LogP contribution in [0.3, 0.4) is 0 Å². The molecule has 0 aliphatic heterocycles. The minimum absolute atomic E-state index is 0.0446. The van der Waals surface area contributed by atoms with E-state index in [1.807, 2.05) is 36.4 Å². The molecular formula is C26H19N9O. The molecule has 6 aromatic heterocycles. The molecule has 6 aromatic rings. The molecule has 10 nitrogen and oxygen atoms in total. The van der Waals surface area contributed by atoms with Crippen LogP contribution in [0, 0.1) is 5.92 Å². The quantitative estimate of drug-likeness (QED) is 0.338. The summed E-state index contributed by atoms with van der Waals surface area (Å²) in [7, 11) is 0. The van der Waals surface area contributed by atoms with Gasteiger partial charge in [0.15, 0.2) is 17.1 Å². The topological polar surface area (TPSA) is 138 Å². The summed E-state index contributed by atoms with van der Waals surface area (Å²) in [6.45, 7) is 0. The minimum Gasteiger partial charge on any atom is -0.324 e. The van der Waals surface area contributed by atoms with Crippen LogP contribution in [0.15, 0.2) is 67.4 Å². The fourth-order valence-electron chi connectivity index (χ4n) is 4.25. The fraction of sp³-hybridized carbons (Fsp3) is 0.115. The zero-order valence-electron chi connectivity index (χ0n) is 18.9. The van der Waals surface area contributed by atoms with Crippen LogP contribution >= 0.6 is 0 Å². The number of H-pyrrole nitrogens is 2. The highest BCUT2D eigenvalue weighted by molar-refractivity contribution is 5.96. The van der Waals surface area contributed by atoms with Crippen LogP contribution in [0.4, 0.5) is 5.69 Å². The van der Waals surface area contributed by atoms with Crippen molar-refractivity contribution in [3.8, 4) is 33.9 Å². The summed E-state index contributed by atoms with van der Waals surface area (Å²) in [5.74, 6) is 0.745. The zero-order chi connectivity index (χ0) is 24.1. The van der Waals surface area contributed by atoms with E-state index in [0.717, 1.165) is 46.1 Å². The number of nitrogens with one attached hydrogen (secondary N) is 3. The summed E-state index contributed by atoms with van der Waals surface area (Å²) in [6, 6.07) is 11.6. The van der Waals surface area contributed by atoms with Crippen LogP contribution in [0.25, 0.3) is 56.1 Å². The molecule has 0 atom stereocenters. The second-order valence-electron chi connectivity index (χ2n) is 8.77. The van der Waals surface area contributed by atoms with E-state index >= 15 is 0 Å². The summed E-state index contributed by atoms with van der Waals surface area (Å²) in [5.41, 5.74) is 6.71. The van der Waals surface area contributed by atoms with Crippen LogP contribution in [0.2, 0.25) is 0 Å². The second kappa shape index (κ2) is 8.05. The first-order valence-electron chi connectivity index (χ1n) is 11.6. The summed E-state index contributed by atoms with van der Waals surface area (Å²) < 4.78 is 0. The molecule has 1 aliphatic carbocycles. The maximum Gasteiger partial charge on any atom is 0.227 e. The SMILES string of the molecule is O=C(Nc1cncc(-c2cnc3[nH]nc(-c4nc5c(-c6ccccn6)ccnc5[nH]4)c3c2)c1)C1CC1. The van der Waals surface area contributed by atoms with E-state index in [4.69, 9.17) is 4.98 Å². The van der Waals surface area contributed by atoms with E-state index < -0.39 is 0 Å². The Bertz CT molecular complexity index is 1750. The fourth-order valence-corrected chi connectivity index (χ4v) is 4.25. The molecule has 1 amide bonds. The van der Waals surface area contributed by atoms with Gasteiger partial charge in [-0.25, -0.2) is 15.0 Å². The van der Waals surface area contributed by atoms with Crippen LogP contribution in [0.5, 0.6) is 0 Å². The van der Waals surface area contributed by atoms with Crippen molar-refractivity contribution in [2.24, 2.45) is 5.92 Å². The van der Waals surface area contributed by atoms with Crippen molar-refractivity contribution in [3.63, 3.8) is 0 Å². The standard InChI is InChI=1S/C26H19N9O/c36-26(14-4-5-14)31-17-9-15(11-27-13-17)16-10-19-22(34-35-23(19)30-12-16)25-32-21-18(6-8-29-24(21)33-25)20-3-1-2-7-28-20/h1-3,6-14H,4-5H2,(H,31,36)(H,29,32,33)(H,30,34,35). The van der Waals surface area contributed by atoms with E-state index in [9.17, 15) is 4.79 Å². The lowest BCUT2D eigenvalue weighted by molar-refractivity contribution is -0.117. The van der Waals surface area contributed by atoms with E-state index in [-0.39, 0.29) is 11.8 Å². The number of anilines is 1. The Kier molecular flexibility index (Phi) is 4.56. The molecule has 0 spiro atoms. The van der Waals surface area contributed by atoms with Crippen molar-refractivity contribution in [2.45, 2.75) is 12.8 Å². The van der Waals surface area contributed by atoms with Crippen LogP contribution in [-0.2, 0) is 4.79 Å². The zero-order valence-corrected chi connectivity index (χ0v) is 18.9. The predicted octanol–water partition coefficient (Wildman–Crippen LogP) is 4.37. The van der Waals surface area contributed by atoms with Gasteiger partial charge in [-0.15, -0.1) is 0 Å². The molecule has 0 unspecified atom stereocenters. The van der Waals surface area contributed by atoms with Crippen molar-refractivity contribution in [1.82, 2.24) is 40.1 Å². The molecule has 0 aromatic carbocycles. The molecule has 3 N–H and O–H groups in total. The van der Waals surface area contributed by atoms with Crippen LogP contribution < -0.4 is 5.32 Å². The molecule has 174 valence electrons. The minimum atomic E-state index is 0.0446. The highest BCUT2D eigenvalue weighted by Crippen LogP contribution is 2.33. The summed E-state index contributed by atoms with van der Waals surface area (Å²) in [5, 5.41) is 11.2. The normalized spacial score (nSPS) is 13.3. The first-order chi connectivity index (χ1) is 17.7. The third kappa shape index (κ3) is 3.56. The molecule has 0 saturated heterocycles. The number of fused-ring (bicyclic) bond motifs is 2. The van der Waals surface area contributed by atoms with E-state index in [2.05, 4.69) is 40.4 Å². The van der Waals surface area contributed by atoms with Crippen LogP contribution in [-0.4, -0.2) is 46.0 Å². The van der Waals surface area contributed by atoms with Gasteiger partial charge in [0.2, 0.25) is 5.91 Å². The molecular weight excluding hydrogens is 454 g/mol. The Morgan fingerprint density at radius 3 is 2.72 bits per heavy atom. The molecule has 0 bridgehead atoms. The Labute approximate surface area is 204 Å². The highest BCUT2D eigenvalue weighted by Gasteiger charge is 2.29. The lowest BCUT2D eigenvalue weighted by Crippen LogP contribution is -2.13. The third-order valence-electron chi connectivity index (χ3n) is 6.25. The average molecular weight is 474 g/mol. The lowest BCUT2D eigenvalue weighted by atomic mass is 10.1. The van der Waals surface area contributed by atoms with E-state index in [1.165, 1.54) is 0 Å². The number of imidazole rings is 1. The number of carbonyl (C=O) groups is 1. The Morgan fingerprint density at radius 1 is 0.944 bits per heavy atom. The number of hydrogen-bond acceptors (Lipinski definition) is 7. The van der Waals surface area contributed by atoms with Gasteiger partial charge in [-0.3, -0.25) is 19.9 Å². The number of hydrogen-bond donors (Lipinski definition) is 3. The average Bonchev–Trinajstić information content (AvgIpc) is 3.55. The van der Waals surface area contributed by atoms with Gasteiger partial charge in [-0.2, -0.15) is 5.10 Å². The highest BCUT2D eigenvalue weighted by atomic mass is 16.2. The lowest BCUT2D eigenvalue weighted by Gasteiger charge is -2.06. The van der Waals surface area contributed by atoms with Crippen molar-refractivity contribution in [2.75, 3.05) is 5.32 Å². The largest absolute Gasteiger partial charge is 0.324 e. The second-order valence-corrected chi connectivity index (χ2v) is 8.77. The number of rotatable bonds is 5. The number of nitrogens with zero attached hydrogens (tertiary/aromatic N) is 6. The van der Waals surface area contributed by atoms with Gasteiger partial charge in [-0.1, -0.05) is 6.07 Å². The summed E-state index contributed by atoms with van der Waals surface area (Å²) >= 11 is 0. The maximum absolute atomic E-state index is 12.2. The summed E-state index contributed by atoms with van der Waals surface area (Å²) in [6.07, 6.45) is 10.5. The van der Waals surface area contributed by atoms with E-state index in [0.29, 0.717) is 28.5 Å². The molecule has 1 fully saturated rings. The number of amides is 1. The van der Waals surface area contributed by atoms with Gasteiger partial charge in [0, 0.05) is 47.4 Å². The molecule has 1 aliphatic rings. The molecule has 1 saturated carbocycles. The molecule has 36 heavy (non-hydrogen) atoms. The third-order valence-corrected chi connectivity index (χ3v) is 6.25. The molecule has 10 heteroatoms. The van der Waals surface area contributed by atoms with Crippen LogP contribution in [0.1, 0.15) is 12.8 Å². The van der Waals surface area contributed by atoms with Gasteiger partial charge in [0.05, 0.1) is 23.0 Å². The Balaban J connectivity index is 1.28. The van der Waals surface area contributed by atoms with Gasteiger partial charge in [-0.05, 0) is 43.2 Å². The monoisotopic (exact) mass is 473 g/mol. The van der Waals surface area contributed by atoms with Gasteiger partial charge < -0.3 is 10.3 Å². The van der Waals surface area contributed by atoms with Gasteiger partial charge in [0.1, 0.15) is 11.2 Å². The van der Waals surface area contributed by atoms with Crippen molar-refractivity contribution >= 4 is 33.8 Å². The predicted molar refractivity (Wildman–Crippen MR) is 135 cm³/mol. The molecule has 0 radical (unpaired) electrons. The smallest absolute Gasteiger partial charge is 0.227 e. The number of pyridine rings is 4. The molecule has 7 rings (SSSR count). The van der Waals surface area contributed by atoms with Gasteiger partial charge >= 0.3 is 0 Å². The van der Waals surface area contributed by atoms with E-state index in [1.54, 1.807) is 31.0 Å². The Hall–Kier alpha value is -4.99. The summed E-state index contributed by atoms with van der Waals surface area (Å²) in [4.78, 5) is 38.1. The van der Waals surface area contributed by atoms with Crippen molar-refractivity contribution in [3.05, 3.63) is 67.4 Å². The Morgan fingerprint density at radius 2 is 1.86 bits per heavy atom. The first kappa shape index (κ1) is 20.4. The van der Waals surface area contributed by atoms with Crippen molar-refractivity contribution in [1.29, 1.82) is 0 Å². The molecule has 6 heterocycles.